The average molecular weight is 725 g/mol. The van der Waals surface area contributed by atoms with E-state index in [0.29, 0.717) is 58.7 Å². The van der Waals surface area contributed by atoms with E-state index in [-0.39, 0.29) is 18.0 Å². The Morgan fingerprint density at radius 2 is 1.79 bits per heavy atom. The molecule has 3 aromatic heterocycles. The molecule has 0 bridgehead atoms. The molecule has 0 spiro atoms. The summed E-state index contributed by atoms with van der Waals surface area (Å²) >= 11 is 1.53. The SMILES string of the molecule is COc1ccc(Cn2nc(N[C@@H]3CCCN(C(=O)OC(C)(C)C)C3)c3c(Oc4ccc(C(=O)Nc5nc6c(s5)CN(C)CC6)cc4)ccnc32)cc1. The standard InChI is InChI=1S/C38H44N8O5S/c1-38(2,3)51-37(48)45-19-6-7-26(22-45)40-33-32-30(16-18-39-34(32)46(43-33)21-24-8-12-27(49-5)13-9-24)50-28-14-10-25(11-15-28)35(47)42-36-41-29-17-20-44(4)23-31(29)52-36/h8-16,18,26H,6-7,17,19-23H2,1-5H3,(H,40,43)(H,41,42,47)/t26-/m1/s1. The van der Waals surface area contributed by atoms with Gasteiger partial charge in [-0.3, -0.25) is 10.1 Å². The van der Waals surface area contributed by atoms with Gasteiger partial charge in [0.2, 0.25) is 0 Å². The lowest BCUT2D eigenvalue weighted by Crippen LogP contribution is -2.47. The van der Waals surface area contributed by atoms with Gasteiger partial charge in [-0.2, -0.15) is 5.10 Å². The predicted octanol–water partition coefficient (Wildman–Crippen LogP) is 6.79. The Kier molecular flexibility index (Phi) is 10.0. The third kappa shape index (κ3) is 8.13. The quantitative estimate of drug-likeness (QED) is 0.167. The largest absolute Gasteiger partial charge is 0.497 e. The average Bonchev–Trinajstić information content (AvgIpc) is 3.68. The van der Waals surface area contributed by atoms with Crippen LogP contribution in [0.5, 0.6) is 17.2 Å². The molecule has 7 rings (SSSR count). The van der Waals surface area contributed by atoms with E-state index in [1.165, 1.54) is 16.2 Å². The molecule has 1 fully saturated rings. The van der Waals surface area contributed by atoms with Crippen LogP contribution in [0.15, 0.2) is 60.8 Å². The van der Waals surface area contributed by atoms with Crippen molar-refractivity contribution in [3.8, 4) is 17.2 Å². The van der Waals surface area contributed by atoms with Gasteiger partial charge in [0.15, 0.2) is 16.6 Å². The summed E-state index contributed by atoms with van der Waals surface area (Å²) in [4.78, 5) is 40.6. The van der Waals surface area contributed by atoms with Crippen LogP contribution in [0.4, 0.5) is 15.7 Å². The molecule has 5 heterocycles. The summed E-state index contributed by atoms with van der Waals surface area (Å²) in [5, 5.41) is 12.9. The zero-order valence-electron chi connectivity index (χ0n) is 30.1. The molecule has 2 aliphatic heterocycles. The molecule has 13 nitrogen and oxygen atoms in total. The van der Waals surface area contributed by atoms with Crippen LogP contribution in [0.3, 0.4) is 0 Å². The number of pyridine rings is 1. The molecule has 2 aromatic carbocycles. The highest BCUT2D eigenvalue weighted by Gasteiger charge is 2.29. The third-order valence-corrected chi connectivity index (χ3v) is 9.98. The van der Waals surface area contributed by atoms with Gasteiger partial charge < -0.3 is 29.3 Å². The van der Waals surface area contributed by atoms with Gasteiger partial charge in [-0.05, 0) is 82.6 Å². The fourth-order valence-electron chi connectivity index (χ4n) is 6.40. The lowest BCUT2D eigenvalue weighted by molar-refractivity contribution is 0.0206. The number of amides is 2. The smallest absolute Gasteiger partial charge is 0.410 e. The van der Waals surface area contributed by atoms with Gasteiger partial charge in [-0.15, -0.1) is 11.3 Å². The summed E-state index contributed by atoms with van der Waals surface area (Å²) in [6, 6.07) is 16.6. The zero-order valence-corrected chi connectivity index (χ0v) is 31.0. The van der Waals surface area contributed by atoms with Crippen molar-refractivity contribution in [1.82, 2.24) is 29.5 Å². The summed E-state index contributed by atoms with van der Waals surface area (Å²) in [7, 11) is 3.73. The Morgan fingerprint density at radius 3 is 2.54 bits per heavy atom. The number of anilines is 2. The lowest BCUT2D eigenvalue weighted by atomic mass is 10.1. The van der Waals surface area contributed by atoms with Gasteiger partial charge in [-0.25, -0.2) is 19.4 Å². The van der Waals surface area contributed by atoms with Crippen LogP contribution in [0.1, 0.15) is 60.1 Å². The number of carbonyl (C=O) groups excluding carboxylic acids is 2. The van der Waals surface area contributed by atoms with Crippen LogP contribution in [0, 0.1) is 0 Å². The Morgan fingerprint density at radius 1 is 1.02 bits per heavy atom. The first-order valence-corrected chi connectivity index (χ1v) is 18.3. The monoisotopic (exact) mass is 724 g/mol. The highest BCUT2D eigenvalue weighted by atomic mass is 32.1. The highest BCUT2D eigenvalue weighted by Crippen LogP contribution is 2.36. The molecule has 1 atom stereocenters. The topological polar surface area (TPSA) is 136 Å². The predicted molar refractivity (Wildman–Crippen MR) is 201 cm³/mol. The van der Waals surface area contributed by atoms with E-state index in [2.05, 4.69) is 27.6 Å². The number of aromatic nitrogens is 4. The van der Waals surface area contributed by atoms with E-state index in [1.54, 1.807) is 42.5 Å². The van der Waals surface area contributed by atoms with Crippen LogP contribution in [-0.4, -0.2) is 87.0 Å². The first kappa shape index (κ1) is 35.2. The molecule has 1 saturated heterocycles. The Balaban J connectivity index is 1.12. The van der Waals surface area contributed by atoms with Gasteiger partial charge >= 0.3 is 6.09 Å². The van der Waals surface area contributed by atoms with Crippen molar-refractivity contribution in [2.45, 2.75) is 64.8 Å². The number of thiazole rings is 1. The van der Waals surface area contributed by atoms with Crippen LogP contribution in [0.25, 0.3) is 11.0 Å². The Labute approximate surface area is 306 Å². The molecule has 2 N–H and O–H groups in total. The number of nitrogens with one attached hydrogen (secondary N) is 2. The van der Waals surface area contributed by atoms with Crippen LogP contribution < -0.4 is 20.1 Å². The lowest BCUT2D eigenvalue weighted by Gasteiger charge is -2.34. The van der Waals surface area contributed by atoms with Gasteiger partial charge in [0, 0.05) is 61.3 Å². The summed E-state index contributed by atoms with van der Waals surface area (Å²) in [6.45, 7) is 9.00. The third-order valence-electron chi connectivity index (χ3n) is 8.99. The number of benzene rings is 2. The van der Waals surface area contributed by atoms with Gasteiger partial charge in [0.05, 0.1) is 19.3 Å². The van der Waals surface area contributed by atoms with Crippen molar-refractivity contribution in [3.63, 3.8) is 0 Å². The fourth-order valence-corrected chi connectivity index (χ4v) is 7.48. The van der Waals surface area contributed by atoms with Crippen molar-refractivity contribution >= 4 is 45.3 Å². The second-order valence-electron chi connectivity index (χ2n) is 14.2. The molecule has 272 valence electrons. The molecule has 52 heavy (non-hydrogen) atoms. The summed E-state index contributed by atoms with van der Waals surface area (Å²) < 4.78 is 19.3. The minimum absolute atomic E-state index is 0.0658. The molecule has 14 heteroatoms. The first-order valence-electron chi connectivity index (χ1n) is 17.5. The number of nitrogens with zero attached hydrogens (tertiary/aromatic N) is 6. The van der Waals surface area contributed by atoms with E-state index in [0.717, 1.165) is 49.4 Å². The molecular weight excluding hydrogens is 681 g/mol. The van der Waals surface area contributed by atoms with Crippen molar-refractivity contribution in [3.05, 3.63) is 82.5 Å². The molecule has 2 aliphatic rings. The maximum Gasteiger partial charge on any atom is 0.410 e. The Hall–Kier alpha value is -5.21. The molecule has 0 aliphatic carbocycles. The summed E-state index contributed by atoms with van der Waals surface area (Å²) in [6.07, 6.45) is 3.94. The number of carbonyl (C=O) groups is 2. The number of ether oxygens (including phenoxy) is 3. The number of methoxy groups -OCH3 is 1. The molecular formula is C38H44N8O5S. The zero-order chi connectivity index (χ0) is 36.4. The van der Waals surface area contributed by atoms with Gasteiger partial charge in [0.25, 0.3) is 5.91 Å². The number of piperidine rings is 1. The van der Waals surface area contributed by atoms with E-state index in [1.807, 2.05) is 55.8 Å². The number of hydrogen-bond acceptors (Lipinski definition) is 11. The summed E-state index contributed by atoms with van der Waals surface area (Å²) in [5.74, 6) is 2.27. The maximum atomic E-state index is 13.1. The minimum Gasteiger partial charge on any atom is -0.497 e. The molecule has 2 amide bonds. The Bertz CT molecular complexity index is 2050. The van der Waals surface area contributed by atoms with E-state index < -0.39 is 5.60 Å². The normalized spacial score (nSPS) is 16.3. The van der Waals surface area contributed by atoms with Crippen LogP contribution in [-0.2, 0) is 24.2 Å². The number of rotatable bonds is 9. The number of likely N-dealkylation sites (N-methyl/N-ethyl adjacent to an activating group) is 1. The van der Waals surface area contributed by atoms with E-state index in [4.69, 9.17) is 24.3 Å². The van der Waals surface area contributed by atoms with Crippen LogP contribution in [0.2, 0.25) is 0 Å². The molecule has 0 radical (unpaired) electrons. The second kappa shape index (κ2) is 14.8. The first-order chi connectivity index (χ1) is 25.0. The maximum absolute atomic E-state index is 13.1. The van der Waals surface area contributed by atoms with E-state index in [9.17, 15) is 9.59 Å². The number of likely N-dealkylation sites (tertiary alicyclic amines) is 1. The number of fused-ring (bicyclic) bond motifs is 2. The van der Waals surface area contributed by atoms with Crippen molar-refractivity contribution < 1.29 is 23.8 Å². The van der Waals surface area contributed by atoms with Crippen molar-refractivity contribution in [2.75, 3.05) is 44.4 Å². The van der Waals surface area contributed by atoms with Gasteiger partial charge in [-0.1, -0.05) is 12.1 Å². The van der Waals surface area contributed by atoms with E-state index >= 15 is 0 Å². The second-order valence-corrected chi connectivity index (χ2v) is 15.3. The molecule has 0 saturated carbocycles. The number of hydrogen-bond donors (Lipinski definition) is 2. The highest BCUT2D eigenvalue weighted by molar-refractivity contribution is 7.15. The minimum atomic E-state index is -0.577. The van der Waals surface area contributed by atoms with Crippen LogP contribution >= 0.6 is 11.3 Å². The van der Waals surface area contributed by atoms with Crippen molar-refractivity contribution in [2.24, 2.45) is 0 Å². The van der Waals surface area contributed by atoms with Crippen molar-refractivity contribution in [1.29, 1.82) is 0 Å². The molecule has 5 aromatic rings. The fraction of sp³-hybridized carbons (Fsp3) is 0.395. The van der Waals surface area contributed by atoms with Gasteiger partial charge in [0.1, 0.15) is 28.2 Å². The molecule has 0 unspecified atom stereocenters. The summed E-state index contributed by atoms with van der Waals surface area (Å²) in [5.41, 5.74) is 2.66.